The van der Waals surface area contributed by atoms with Crippen molar-refractivity contribution in [2.24, 2.45) is 0 Å². The molecular formula is C27H28ClN3O5S. The molecule has 1 atom stereocenters. The molecule has 0 N–H and O–H groups in total. The van der Waals surface area contributed by atoms with Crippen molar-refractivity contribution >= 4 is 32.5 Å². The molecule has 1 heterocycles. The quantitative estimate of drug-likeness (QED) is 0.267. The van der Waals surface area contributed by atoms with Crippen molar-refractivity contribution in [3.63, 3.8) is 0 Å². The van der Waals surface area contributed by atoms with E-state index >= 15 is 0 Å². The van der Waals surface area contributed by atoms with Crippen molar-refractivity contribution in [2.75, 3.05) is 27.4 Å². The number of nitrogens with zero attached hydrogens (tertiary/aromatic N) is 3. The number of benzene rings is 3. The molecule has 0 saturated heterocycles. The van der Waals surface area contributed by atoms with E-state index in [1.165, 1.54) is 28.1 Å². The number of halogens is 1. The number of rotatable bonds is 10. The van der Waals surface area contributed by atoms with Crippen LogP contribution in [0.4, 0.5) is 0 Å². The third kappa shape index (κ3) is 5.55. The first-order chi connectivity index (χ1) is 17.8. The highest BCUT2D eigenvalue weighted by Crippen LogP contribution is 2.29. The molecule has 8 nitrogen and oxygen atoms in total. The molecule has 0 radical (unpaired) electrons. The van der Waals surface area contributed by atoms with E-state index in [9.17, 15) is 13.2 Å². The number of aromatic nitrogens is 2. The van der Waals surface area contributed by atoms with Gasteiger partial charge in [-0.2, -0.15) is 4.31 Å². The lowest BCUT2D eigenvalue weighted by molar-refractivity contribution is 0.182. The number of ether oxygens (including phenoxy) is 2. The predicted octanol–water partition coefficient (Wildman–Crippen LogP) is 4.84. The third-order valence-corrected chi connectivity index (χ3v) is 8.32. The number of para-hydroxylation sites is 1. The molecule has 194 valence electrons. The summed E-state index contributed by atoms with van der Waals surface area (Å²) < 4.78 is 41.0. The van der Waals surface area contributed by atoms with Gasteiger partial charge in [-0.3, -0.25) is 9.36 Å². The van der Waals surface area contributed by atoms with Crippen LogP contribution in [0.25, 0.3) is 16.6 Å². The van der Waals surface area contributed by atoms with E-state index in [-0.39, 0.29) is 17.0 Å². The lowest BCUT2D eigenvalue weighted by Gasteiger charge is -2.30. The summed E-state index contributed by atoms with van der Waals surface area (Å²) in [5, 5.41) is 0.945. The Hall–Kier alpha value is -3.24. The summed E-state index contributed by atoms with van der Waals surface area (Å²) in [5.74, 6) is 0.839. The molecule has 0 aliphatic carbocycles. The Morgan fingerprint density at radius 2 is 1.68 bits per heavy atom. The molecule has 1 aromatic heterocycles. The van der Waals surface area contributed by atoms with Crippen molar-refractivity contribution in [3.8, 4) is 11.4 Å². The van der Waals surface area contributed by atoms with Gasteiger partial charge < -0.3 is 9.47 Å². The Bertz CT molecular complexity index is 1540. The van der Waals surface area contributed by atoms with Crippen molar-refractivity contribution < 1.29 is 17.9 Å². The molecule has 0 aliphatic heterocycles. The lowest BCUT2D eigenvalue weighted by Crippen LogP contribution is -2.38. The summed E-state index contributed by atoms with van der Waals surface area (Å²) >= 11 is 6.10. The summed E-state index contributed by atoms with van der Waals surface area (Å²) in [6.07, 6.45) is 0.453. The van der Waals surface area contributed by atoms with Crippen LogP contribution in [-0.2, 0) is 14.8 Å². The molecule has 0 saturated carbocycles. The average Bonchev–Trinajstić information content (AvgIpc) is 2.91. The normalized spacial score (nSPS) is 12.7. The Morgan fingerprint density at radius 1 is 1.00 bits per heavy atom. The van der Waals surface area contributed by atoms with Crippen LogP contribution in [0.5, 0.6) is 5.75 Å². The highest BCUT2D eigenvalue weighted by molar-refractivity contribution is 7.89. The fourth-order valence-corrected chi connectivity index (χ4v) is 5.93. The standard InChI is InChI=1S/C27H28ClN3O5S/c1-19(30(17-6-18-35-2)37(33,34)23-15-13-22(36-3)14-16-23)26-29-25-8-5-4-7-24(25)27(32)31(26)21-11-9-20(28)10-12-21/h4-5,7-16,19H,6,17-18H2,1-3H3. The molecule has 37 heavy (non-hydrogen) atoms. The van der Waals surface area contributed by atoms with E-state index < -0.39 is 16.1 Å². The minimum absolute atomic E-state index is 0.110. The first kappa shape index (κ1) is 26.8. The number of methoxy groups -OCH3 is 2. The molecule has 0 aliphatic rings. The van der Waals surface area contributed by atoms with Crippen LogP contribution in [-0.4, -0.2) is 49.6 Å². The second-order valence-corrected chi connectivity index (χ2v) is 10.7. The largest absolute Gasteiger partial charge is 0.497 e. The summed E-state index contributed by atoms with van der Waals surface area (Å²) in [6.45, 7) is 2.26. The van der Waals surface area contributed by atoms with Crippen LogP contribution in [0.1, 0.15) is 25.2 Å². The van der Waals surface area contributed by atoms with Gasteiger partial charge in [0.25, 0.3) is 5.56 Å². The van der Waals surface area contributed by atoms with Crippen LogP contribution in [0, 0.1) is 0 Å². The highest BCUT2D eigenvalue weighted by atomic mass is 35.5. The Kier molecular flexibility index (Phi) is 8.29. The maximum Gasteiger partial charge on any atom is 0.266 e. The van der Waals surface area contributed by atoms with E-state index in [1.54, 1.807) is 74.7 Å². The van der Waals surface area contributed by atoms with Gasteiger partial charge in [0.1, 0.15) is 11.6 Å². The molecule has 0 bridgehead atoms. The SMILES string of the molecule is COCCCN(C(C)c1nc2ccccc2c(=O)n1-c1ccc(Cl)cc1)S(=O)(=O)c1ccc(OC)cc1. The molecule has 10 heteroatoms. The Morgan fingerprint density at radius 3 is 2.32 bits per heavy atom. The number of hydrogen-bond acceptors (Lipinski definition) is 6. The smallest absolute Gasteiger partial charge is 0.266 e. The zero-order valence-electron chi connectivity index (χ0n) is 20.8. The van der Waals surface area contributed by atoms with E-state index in [4.69, 9.17) is 26.1 Å². The second-order valence-electron chi connectivity index (χ2n) is 8.42. The molecule has 3 aromatic carbocycles. The van der Waals surface area contributed by atoms with Crippen molar-refractivity contribution in [2.45, 2.75) is 24.3 Å². The zero-order chi connectivity index (χ0) is 26.6. The zero-order valence-corrected chi connectivity index (χ0v) is 22.4. The van der Waals surface area contributed by atoms with Gasteiger partial charge >= 0.3 is 0 Å². The monoisotopic (exact) mass is 541 g/mol. The minimum Gasteiger partial charge on any atom is -0.497 e. The molecule has 4 aromatic rings. The Labute approximate surface area is 221 Å². The highest BCUT2D eigenvalue weighted by Gasteiger charge is 2.33. The predicted molar refractivity (Wildman–Crippen MR) is 144 cm³/mol. The number of hydrogen-bond donors (Lipinski definition) is 0. The summed E-state index contributed by atoms with van der Waals surface area (Å²) in [5.41, 5.74) is 0.722. The summed E-state index contributed by atoms with van der Waals surface area (Å²) in [4.78, 5) is 18.6. The van der Waals surface area contributed by atoms with Crippen LogP contribution in [0.2, 0.25) is 5.02 Å². The van der Waals surface area contributed by atoms with Gasteiger partial charge in [-0.25, -0.2) is 13.4 Å². The molecular weight excluding hydrogens is 514 g/mol. The third-order valence-electron chi connectivity index (χ3n) is 6.09. The topological polar surface area (TPSA) is 90.7 Å². The summed E-state index contributed by atoms with van der Waals surface area (Å²) in [6, 6.07) is 19.2. The van der Waals surface area contributed by atoms with Gasteiger partial charge in [-0.05, 0) is 74.0 Å². The second kappa shape index (κ2) is 11.4. The van der Waals surface area contributed by atoms with Crippen molar-refractivity contribution in [3.05, 3.63) is 94.0 Å². The molecule has 0 fully saturated rings. The molecule has 4 rings (SSSR count). The van der Waals surface area contributed by atoms with Gasteiger partial charge in [0.15, 0.2) is 0 Å². The van der Waals surface area contributed by atoms with E-state index in [1.807, 2.05) is 0 Å². The molecule has 0 amide bonds. The van der Waals surface area contributed by atoms with Gasteiger partial charge in [-0.1, -0.05) is 23.7 Å². The van der Waals surface area contributed by atoms with Gasteiger partial charge in [0.2, 0.25) is 10.0 Å². The van der Waals surface area contributed by atoms with E-state index in [2.05, 4.69) is 0 Å². The minimum atomic E-state index is -3.98. The fraction of sp³-hybridized carbons (Fsp3) is 0.259. The Balaban J connectivity index is 1.90. The van der Waals surface area contributed by atoms with Crippen LogP contribution >= 0.6 is 11.6 Å². The first-order valence-corrected chi connectivity index (χ1v) is 13.5. The average molecular weight is 542 g/mol. The van der Waals surface area contributed by atoms with E-state index in [0.29, 0.717) is 46.2 Å². The lowest BCUT2D eigenvalue weighted by atomic mass is 10.2. The molecule has 0 spiro atoms. The van der Waals surface area contributed by atoms with Crippen molar-refractivity contribution in [1.82, 2.24) is 13.9 Å². The van der Waals surface area contributed by atoms with Crippen LogP contribution in [0.15, 0.2) is 82.5 Å². The van der Waals surface area contributed by atoms with Gasteiger partial charge in [0.05, 0.1) is 34.6 Å². The summed E-state index contributed by atoms with van der Waals surface area (Å²) in [7, 11) is -0.898. The van der Waals surface area contributed by atoms with Crippen molar-refractivity contribution in [1.29, 1.82) is 0 Å². The van der Waals surface area contributed by atoms with Gasteiger partial charge in [0, 0.05) is 25.3 Å². The van der Waals surface area contributed by atoms with Crippen LogP contribution in [0.3, 0.4) is 0 Å². The molecule has 1 unspecified atom stereocenters. The van der Waals surface area contributed by atoms with Crippen LogP contribution < -0.4 is 10.3 Å². The first-order valence-electron chi connectivity index (χ1n) is 11.7. The maximum atomic E-state index is 13.9. The fourth-order valence-electron chi connectivity index (χ4n) is 4.17. The van der Waals surface area contributed by atoms with E-state index in [0.717, 1.165) is 0 Å². The maximum absolute atomic E-state index is 13.9. The number of fused-ring (bicyclic) bond motifs is 1. The van der Waals surface area contributed by atoms with Gasteiger partial charge in [-0.15, -0.1) is 0 Å². The number of sulfonamides is 1.